The average molecular weight is 299 g/mol. The van der Waals surface area contributed by atoms with Crippen LogP contribution in [-0.4, -0.2) is 43.9 Å². The van der Waals surface area contributed by atoms with E-state index in [1.54, 1.807) is 0 Å². The van der Waals surface area contributed by atoms with Gasteiger partial charge in [-0.3, -0.25) is 9.59 Å². The van der Waals surface area contributed by atoms with Crippen LogP contribution < -0.4 is 43.5 Å². The molecule has 0 fully saturated rings. The van der Waals surface area contributed by atoms with Crippen LogP contribution >= 0.6 is 0 Å². The molecule has 100 valence electrons. The monoisotopic (exact) mass is 298 g/mol. The zero-order valence-corrected chi connectivity index (χ0v) is 11.8. The summed E-state index contributed by atoms with van der Waals surface area (Å²) in [6.45, 7) is 0. The second-order valence-corrected chi connectivity index (χ2v) is 3.04. The number of aliphatic hydroxyl groups is 1. The second-order valence-electron chi connectivity index (χ2n) is 2.67. The molecule has 0 aliphatic heterocycles. The zero-order chi connectivity index (χ0) is 14.2. The molecular formula is C6H8ClNaO10. The number of aliphatic carboxylic acids is 3. The van der Waals surface area contributed by atoms with Gasteiger partial charge >= 0.3 is 47.5 Å². The van der Waals surface area contributed by atoms with Crippen LogP contribution in [0.15, 0.2) is 0 Å². The molecule has 0 bridgehead atoms. The number of carbonyl (C=O) groups is 3. The molecule has 0 rings (SSSR count). The molecule has 0 aromatic rings. The molecule has 0 heterocycles. The molecule has 0 aliphatic rings. The van der Waals surface area contributed by atoms with Crippen LogP contribution in [0.25, 0.3) is 0 Å². The molecule has 0 saturated heterocycles. The van der Waals surface area contributed by atoms with E-state index in [0.29, 0.717) is 0 Å². The third-order valence-corrected chi connectivity index (χ3v) is 1.29. The van der Waals surface area contributed by atoms with Crippen molar-refractivity contribution in [1.82, 2.24) is 0 Å². The van der Waals surface area contributed by atoms with Crippen LogP contribution in [0, 0.1) is 10.8 Å². The molecule has 0 saturated carbocycles. The van der Waals surface area contributed by atoms with Crippen LogP contribution in [0.5, 0.6) is 0 Å². The Hall–Kier alpha value is -0.460. The molecule has 0 atom stereocenters. The normalized spacial score (nSPS) is 9.83. The van der Waals surface area contributed by atoms with Crippen molar-refractivity contribution >= 4 is 17.9 Å². The number of carboxylic acid groups (broad SMARTS) is 3. The number of rotatable bonds is 5. The van der Waals surface area contributed by atoms with E-state index in [9.17, 15) is 14.4 Å². The Bertz CT molecular complexity index is 273. The molecule has 12 heteroatoms. The molecule has 0 unspecified atom stereocenters. The molecular weight excluding hydrogens is 290 g/mol. The van der Waals surface area contributed by atoms with E-state index in [2.05, 4.69) is 0 Å². The van der Waals surface area contributed by atoms with E-state index in [4.69, 9.17) is 34.4 Å². The van der Waals surface area contributed by atoms with Crippen molar-refractivity contribution in [2.45, 2.75) is 18.4 Å². The van der Waals surface area contributed by atoms with Crippen molar-refractivity contribution in [1.29, 1.82) is 0 Å². The van der Waals surface area contributed by atoms with Crippen molar-refractivity contribution in [3.8, 4) is 0 Å². The third-order valence-electron chi connectivity index (χ3n) is 1.29. The largest absolute Gasteiger partial charge is 1.00 e. The van der Waals surface area contributed by atoms with Crippen LogP contribution in [0.4, 0.5) is 0 Å². The maximum Gasteiger partial charge on any atom is 1.00 e. The summed E-state index contributed by atoms with van der Waals surface area (Å²) in [5, 5.41) is 33.8. The summed E-state index contributed by atoms with van der Waals surface area (Å²) in [5.74, 6) is -5.02. The van der Waals surface area contributed by atoms with Crippen molar-refractivity contribution < 1.29 is 89.1 Å². The number of hydrogen-bond donors (Lipinski definition) is 4. The van der Waals surface area contributed by atoms with Crippen molar-refractivity contribution in [2.75, 3.05) is 0 Å². The Morgan fingerprint density at radius 1 is 0.944 bits per heavy atom. The first-order valence-electron chi connectivity index (χ1n) is 3.63. The summed E-state index contributed by atoms with van der Waals surface area (Å²) < 4.78 is 25.2. The second kappa shape index (κ2) is 10.5. The van der Waals surface area contributed by atoms with E-state index in [1.165, 1.54) is 0 Å². The Morgan fingerprint density at radius 2 is 1.17 bits per heavy atom. The fraction of sp³-hybridized carbons (Fsp3) is 0.500. The molecule has 0 radical (unpaired) electrons. The third kappa shape index (κ3) is 13.6. The molecule has 18 heavy (non-hydrogen) atoms. The minimum absolute atomic E-state index is 0. The van der Waals surface area contributed by atoms with Gasteiger partial charge in [-0.1, -0.05) is 0 Å². The van der Waals surface area contributed by atoms with Gasteiger partial charge in [0.25, 0.3) is 0 Å². The Labute approximate surface area is 125 Å². The summed E-state index contributed by atoms with van der Waals surface area (Å²) >= 11 is 0. The standard InChI is InChI=1S/C6H8O7.ClO3.Na/c7-3(8)1-6(13,5(11)12)2-4(9)10;2-1(3)4;/h13H,1-2H2,(H,7,8)(H,9,10)(H,11,12);;/q;-1;+1. The van der Waals surface area contributed by atoms with E-state index in [1.807, 2.05) is 0 Å². The van der Waals surface area contributed by atoms with Crippen LogP contribution in [0.1, 0.15) is 12.8 Å². The molecule has 0 aliphatic carbocycles. The molecule has 0 aromatic heterocycles. The predicted molar refractivity (Wildman–Crippen MR) is 37.1 cm³/mol. The maximum atomic E-state index is 10.3. The van der Waals surface area contributed by atoms with Crippen molar-refractivity contribution in [2.24, 2.45) is 0 Å². The van der Waals surface area contributed by atoms with Gasteiger partial charge in [0.05, 0.1) is 23.6 Å². The van der Waals surface area contributed by atoms with Gasteiger partial charge in [0.2, 0.25) is 0 Å². The fourth-order valence-electron chi connectivity index (χ4n) is 0.714. The Kier molecular flexibility index (Phi) is 13.2. The van der Waals surface area contributed by atoms with Crippen molar-refractivity contribution in [3.05, 3.63) is 0 Å². The first kappa shape index (κ1) is 22.7. The smallest absolute Gasteiger partial charge is 0.481 e. The summed E-state index contributed by atoms with van der Waals surface area (Å²) in [6, 6.07) is 0. The first-order valence-corrected chi connectivity index (χ1v) is 4.56. The minimum Gasteiger partial charge on any atom is -0.481 e. The maximum absolute atomic E-state index is 10.3. The van der Waals surface area contributed by atoms with Gasteiger partial charge in [0, 0.05) is 0 Å². The van der Waals surface area contributed by atoms with E-state index in [0.717, 1.165) is 0 Å². The quantitative estimate of drug-likeness (QED) is 0.353. The van der Waals surface area contributed by atoms with E-state index in [-0.39, 0.29) is 29.6 Å². The first-order chi connectivity index (χ1) is 7.51. The molecule has 0 spiro atoms. The van der Waals surface area contributed by atoms with E-state index >= 15 is 0 Å². The fourth-order valence-corrected chi connectivity index (χ4v) is 0.714. The molecule has 0 amide bonds. The van der Waals surface area contributed by atoms with E-state index < -0.39 is 47.1 Å². The van der Waals surface area contributed by atoms with Gasteiger partial charge < -0.3 is 34.4 Å². The van der Waals surface area contributed by atoms with Crippen molar-refractivity contribution in [3.63, 3.8) is 0 Å². The van der Waals surface area contributed by atoms with Gasteiger partial charge in [-0.05, 0) is 0 Å². The van der Waals surface area contributed by atoms with Gasteiger partial charge in [-0.2, -0.15) is 0 Å². The number of carboxylic acids is 3. The molecule has 10 nitrogen and oxygen atoms in total. The van der Waals surface area contributed by atoms with Gasteiger partial charge in [-0.15, -0.1) is 0 Å². The summed E-state index contributed by atoms with van der Waals surface area (Å²) in [4.78, 5) is 30.5. The number of hydrogen-bond acceptors (Lipinski definition) is 7. The minimum atomic E-state index is -2.85. The number of halogens is 1. The average Bonchev–Trinajstić information content (AvgIpc) is 1.98. The molecule has 0 aromatic carbocycles. The Balaban J connectivity index is -0.000000392. The van der Waals surface area contributed by atoms with Gasteiger partial charge in [0.1, 0.15) is 0 Å². The SMILES string of the molecule is O=C(O)CC(O)(CC(=O)O)C(=O)O.[Na+].[O-][Cl+2]([O-])[O-]. The predicted octanol–water partition coefficient (Wildman–Crippen LogP) is -7.81. The Morgan fingerprint density at radius 3 is 1.28 bits per heavy atom. The summed E-state index contributed by atoms with van der Waals surface area (Å²) in [7, 11) is -2.85. The topological polar surface area (TPSA) is 201 Å². The summed E-state index contributed by atoms with van der Waals surface area (Å²) in [5.41, 5.74) is -2.74. The summed E-state index contributed by atoms with van der Waals surface area (Å²) in [6.07, 6.45) is -2.29. The van der Waals surface area contributed by atoms with Crippen LogP contribution in [-0.2, 0) is 14.4 Å². The zero-order valence-electron chi connectivity index (χ0n) is 9.03. The van der Waals surface area contributed by atoms with Gasteiger partial charge in [-0.25, -0.2) is 4.79 Å². The van der Waals surface area contributed by atoms with Crippen LogP contribution in [0.2, 0.25) is 0 Å². The van der Waals surface area contributed by atoms with Gasteiger partial charge in [0.15, 0.2) is 5.60 Å². The molecule has 4 N–H and O–H groups in total. The van der Waals surface area contributed by atoms with Crippen LogP contribution in [0.3, 0.4) is 0 Å².